The maximum atomic E-state index is 11.9. The highest BCUT2D eigenvalue weighted by atomic mass is 32.2. The molecule has 1 aromatic heterocycles. The summed E-state index contributed by atoms with van der Waals surface area (Å²) in [4.78, 5) is 3.38. The van der Waals surface area contributed by atoms with Crippen molar-refractivity contribution in [2.45, 2.75) is 44.0 Å². The lowest BCUT2D eigenvalue weighted by Gasteiger charge is -2.29. The highest BCUT2D eigenvalue weighted by Crippen LogP contribution is 2.31. The van der Waals surface area contributed by atoms with E-state index < -0.39 is 9.84 Å². The second-order valence-corrected chi connectivity index (χ2v) is 7.76. The molecule has 2 rings (SSSR count). The van der Waals surface area contributed by atoms with E-state index in [1.165, 1.54) is 6.26 Å². The van der Waals surface area contributed by atoms with Crippen molar-refractivity contribution in [1.29, 1.82) is 0 Å². The Morgan fingerprint density at radius 3 is 2.40 bits per heavy atom. The number of H-pyrrole nitrogens is 1. The fraction of sp³-hybridized carbons (Fsp3) is 0.500. The predicted molar refractivity (Wildman–Crippen MR) is 84.5 cm³/mol. The monoisotopic (exact) mass is 312 g/mol. The van der Waals surface area contributed by atoms with Gasteiger partial charge in [0.1, 0.15) is 0 Å². The Balaban J connectivity index is 2.91. The van der Waals surface area contributed by atoms with Gasteiger partial charge in [-0.25, -0.2) is 8.42 Å². The molecule has 0 saturated carbocycles. The third-order valence-electron chi connectivity index (χ3n) is 4.14. The number of rotatable bonds is 4. The Labute approximate surface area is 124 Å². The minimum atomic E-state index is -3.28. The Kier molecular flexibility index (Phi) is 3.81. The Bertz CT molecular complexity index is 796. The van der Waals surface area contributed by atoms with Gasteiger partial charge in [-0.3, -0.25) is 0 Å². The number of para-hydroxylation sites is 1. The summed E-state index contributed by atoms with van der Waals surface area (Å²) in [6, 6.07) is 5.30. The molecule has 0 unspecified atom stereocenters. The van der Waals surface area contributed by atoms with Crippen molar-refractivity contribution >= 4 is 33.1 Å². The number of nitrogens with zero attached hydrogens (tertiary/aromatic N) is 1. The van der Waals surface area contributed by atoms with E-state index in [0.29, 0.717) is 15.2 Å². The molecule has 0 aliphatic heterocycles. The van der Waals surface area contributed by atoms with Crippen molar-refractivity contribution in [3.63, 3.8) is 0 Å². The highest BCUT2D eigenvalue weighted by Gasteiger charge is 2.26. The molecule has 0 atom stereocenters. The van der Waals surface area contributed by atoms with Crippen LogP contribution >= 0.6 is 12.2 Å². The van der Waals surface area contributed by atoms with Gasteiger partial charge in [0.05, 0.1) is 15.9 Å². The molecule has 0 spiro atoms. The third kappa shape index (κ3) is 2.31. The highest BCUT2D eigenvalue weighted by molar-refractivity contribution is 7.91. The summed E-state index contributed by atoms with van der Waals surface area (Å²) in [6.07, 6.45) is 3.07. The quantitative estimate of drug-likeness (QED) is 0.877. The first kappa shape index (κ1) is 15.3. The van der Waals surface area contributed by atoms with E-state index in [1.54, 1.807) is 12.1 Å². The lowest BCUT2D eigenvalue weighted by atomic mass is 9.95. The van der Waals surface area contributed by atoms with Gasteiger partial charge in [-0.05, 0) is 44.1 Å². The van der Waals surface area contributed by atoms with Crippen molar-refractivity contribution in [2.75, 3.05) is 6.26 Å². The van der Waals surface area contributed by atoms with Gasteiger partial charge in [0, 0.05) is 11.8 Å². The molecular weight excluding hydrogens is 292 g/mol. The van der Waals surface area contributed by atoms with E-state index in [0.717, 1.165) is 18.4 Å². The average Bonchev–Trinajstić information content (AvgIpc) is 2.72. The molecule has 0 aliphatic carbocycles. The molecule has 1 N–H and O–H groups in total. The van der Waals surface area contributed by atoms with Gasteiger partial charge in [0.25, 0.3) is 0 Å². The Hall–Kier alpha value is -1.14. The minimum absolute atomic E-state index is 0.120. The van der Waals surface area contributed by atoms with Crippen LogP contribution in [-0.4, -0.2) is 24.2 Å². The largest absolute Gasteiger partial charge is 0.329 e. The third-order valence-corrected chi connectivity index (χ3v) is 5.57. The number of hydrogen-bond acceptors (Lipinski definition) is 3. The first-order valence-electron chi connectivity index (χ1n) is 6.69. The van der Waals surface area contributed by atoms with E-state index in [4.69, 9.17) is 12.2 Å². The lowest BCUT2D eigenvalue weighted by Crippen LogP contribution is -2.28. The van der Waals surface area contributed by atoms with Crippen LogP contribution in [0.3, 0.4) is 0 Å². The molecule has 0 radical (unpaired) electrons. The van der Waals surface area contributed by atoms with Crippen LogP contribution in [0.2, 0.25) is 0 Å². The molecule has 110 valence electrons. The zero-order chi connectivity index (χ0) is 15.1. The van der Waals surface area contributed by atoms with Crippen molar-refractivity contribution in [3.05, 3.63) is 23.0 Å². The number of fused-ring (bicyclic) bond motifs is 1. The summed E-state index contributed by atoms with van der Waals surface area (Å²) in [6.45, 7) is 6.37. The van der Waals surface area contributed by atoms with Crippen LogP contribution < -0.4 is 0 Å². The number of aromatic amines is 1. The summed E-state index contributed by atoms with van der Waals surface area (Å²) in [5.74, 6) is 0. The molecule has 0 aliphatic rings. The number of nitrogens with one attached hydrogen (secondary N) is 1. The second-order valence-electron chi connectivity index (χ2n) is 5.39. The van der Waals surface area contributed by atoms with Gasteiger partial charge in [-0.15, -0.1) is 0 Å². The predicted octanol–water partition coefficient (Wildman–Crippen LogP) is 3.64. The number of benzene rings is 1. The van der Waals surface area contributed by atoms with E-state index >= 15 is 0 Å². The Morgan fingerprint density at radius 2 is 1.90 bits per heavy atom. The van der Waals surface area contributed by atoms with Gasteiger partial charge in [-0.1, -0.05) is 19.9 Å². The molecular formula is C14H20N2O2S2. The smallest absolute Gasteiger partial charge is 0.178 e. The number of imidazole rings is 1. The van der Waals surface area contributed by atoms with Crippen LogP contribution in [0, 0.1) is 4.77 Å². The van der Waals surface area contributed by atoms with Gasteiger partial charge >= 0.3 is 0 Å². The van der Waals surface area contributed by atoms with Gasteiger partial charge < -0.3 is 9.55 Å². The summed E-state index contributed by atoms with van der Waals surface area (Å²) in [5.41, 5.74) is 1.34. The Morgan fingerprint density at radius 1 is 1.30 bits per heavy atom. The fourth-order valence-corrected chi connectivity index (χ4v) is 3.79. The first-order valence-corrected chi connectivity index (χ1v) is 8.99. The van der Waals surface area contributed by atoms with Crippen molar-refractivity contribution in [1.82, 2.24) is 9.55 Å². The van der Waals surface area contributed by atoms with Crippen LogP contribution in [0.25, 0.3) is 11.0 Å². The van der Waals surface area contributed by atoms with Crippen molar-refractivity contribution in [3.8, 4) is 0 Å². The van der Waals surface area contributed by atoms with E-state index in [-0.39, 0.29) is 5.54 Å². The molecule has 0 fully saturated rings. The number of sulfone groups is 1. The minimum Gasteiger partial charge on any atom is -0.329 e. The van der Waals surface area contributed by atoms with Crippen LogP contribution in [0.15, 0.2) is 23.1 Å². The molecule has 1 aromatic carbocycles. The van der Waals surface area contributed by atoms with Crippen molar-refractivity contribution in [2.24, 2.45) is 0 Å². The first-order chi connectivity index (χ1) is 9.24. The average molecular weight is 312 g/mol. The zero-order valence-electron chi connectivity index (χ0n) is 12.2. The van der Waals surface area contributed by atoms with Crippen LogP contribution in [0.4, 0.5) is 0 Å². The molecule has 4 nitrogen and oxygen atoms in total. The molecule has 2 aromatic rings. The van der Waals surface area contributed by atoms with Crippen LogP contribution in [-0.2, 0) is 15.4 Å². The second kappa shape index (κ2) is 5.00. The summed E-state index contributed by atoms with van der Waals surface area (Å²) in [7, 11) is -3.28. The molecule has 1 heterocycles. The van der Waals surface area contributed by atoms with Gasteiger partial charge in [0.2, 0.25) is 0 Å². The zero-order valence-corrected chi connectivity index (χ0v) is 13.9. The van der Waals surface area contributed by atoms with Crippen LogP contribution in [0.1, 0.15) is 33.6 Å². The standard InChI is InChI=1S/C14H20N2O2S2/c1-5-14(3,6-2)16-10-8-7-9-11(20(4,17)18)12(10)15-13(16)19/h7-9H,5-6H2,1-4H3,(H,15,19). The molecule has 0 bridgehead atoms. The number of aromatic nitrogens is 2. The lowest BCUT2D eigenvalue weighted by molar-refractivity contribution is 0.299. The summed E-state index contributed by atoms with van der Waals surface area (Å²) in [5, 5.41) is 0. The number of hydrogen-bond donors (Lipinski definition) is 1. The fourth-order valence-electron chi connectivity index (χ4n) is 2.51. The van der Waals surface area contributed by atoms with E-state index in [2.05, 4.69) is 25.8 Å². The SMILES string of the molecule is CCC(C)(CC)n1c(=S)[nH]c2c(S(C)(=O)=O)cccc21. The summed E-state index contributed by atoms with van der Waals surface area (Å²) >= 11 is 5.43. The van der Waals surface area contributed by atoms with E-state index in [9.17, 15) is 8.42 Å². The molecule has 0 amide bonds. The molecule has 6 heteroatoms. The van der Waals surface area contributed by atoms with Gasteiger partial charge in [0.15, 0.2) is 14.6 Å². The normalized spacial score (nSPS) is 13.0. The molecule has 20 heavy (non-hydrogen) atoms. The van der Waals surface area contributed by atoms with Crippen molar-refractivity contribution < 1.29 is 8.42 Å². The topological polar surface area (TPSA) is 54.9 Å². The van der Waals surface area contributed by atoms with E-state index in [1.807, 2.05) is 10.6 Å². The van der Waals surface area contributed by atoms with Gasteiger partial charge in [-0.2, -0.15) is 0 Å². The molecule has 0 saturated heterocycles. The van der Waals surface area contributed by atoms with Crippen LogP contribution in [0.5, 0.6) is 0 Å². The summed E-state index contributed by atoms with van der Waals surface area (Å²) < 4.78 is 26.4. The maximum Gasteiger partial charge on any atom is 0.178 e. The maximum absolute atomic E-state index is 11.9.